The lowest BCUT2D eigenvalue weighted by Gasteiger charge is -2.37. The first-order valence-electron chi connectivity index (χ1n) is 8.06. The second-order valence-corrected chi connectivity index (χ2v) is 5.94. The van der Waals surface area contributed by atoms with E-state index in [0.717, 1.165) is 25.0 Å². The molecule has 3 rings (SSSR count). The number of rotatable bonds is 4. The van der Waals surface area contributed by atoms with Crippen molar-refractivity contribution >= 4 is 5.91 Å². The first-order chi connectivity index (χ1) is 10.8. The molecule has 0 spiro atoms. The molecule has 0 unspecified atom stereocenters. The Balaban J connectivity index is 1.67. The van der Waals surface area contributed by atoms with Crippen LogP contribution in [-0.2, 0) is 14.3 Å². The number of morpholine rings is 1. The molecule has 2 N–H and O–H groups in total. The molecule has 2 aliphatic rings. The second-order valence-electron chi connectivity index (χ2n) is 5.94. The molecule has 2 fully saturated rings. The Morgan fingerprint density at radius 3 is 2.68 bits per heavy atom. The fourth-order valence-electron chi connectivity index (χ4n) is 3.28. The van der Waals surface area contributed by atoms with E-state index in [9.17, 15) is 4.79 Å². The van der Waals surface area contributed by atoms with Crippen molar-refractivity contribution in [2.75, 3.05) is 32.8 Å². The highest BCUT2D eigenvalue weighted by Gasteiger charge is 2.34. The Kier molecular flexibility index (Phi) is 5.08. The number of carbonyl (C=O) groups excluding carboxylic acids is 1. The smallest absolute Gasteiger partial charge is 0.231 e. The van der Waals surface area contributed by atoms with E-state index >= 15 is 0 Å². The van der Waals surface area contributed by atoms with Gasteiger partial charge in [-0.1, -0.05) is 30.3 Å². The Morgan fingerprint density at radius 2 is 2.00 bits per heavy atom. The molecule has 5 nitrogen and oxygen atoms in total. The third-order valence-electron chi connectivity index (χ3n) is 4.52. The molecule has 5 heteroatoms. The zero-order valence-corrected chi connectivity index (χ0v) is 12.8. The van der Waals surface area contributed by atoms with Crippen LogP contribution < -0.4 is 5.73 Å². The Bertz CT molecular complexity index is 488. The molecule has 22 heavy (non-hydrogen) atoms. The van der Waals surface area contributed by atoms with Crippen LogP contribution in [0.25, 0.3) is 0 Å². The van der Waals surface area contributed by atoms with E-state index in [1.807, 2.05) is 35.2 Å². The third-order valence-corrected chi connectivity index (χ3v) is 4.52. The summed E-state index contributed by atoms with van der Waals surface area (Å²) in [6, 6.07) is 9.77. The van der Waals surface area contributed by atoms with E-state index in [2.05, 4.69) is 0 Å². The highest BCUT2D eigenvalue weighted by Crippen LogP contribution is 2.23. The normalized spacial score (nSPS) is 26.9. The summed E-state index contributed by atoms with van der Waals surface area (Å²) in [6.45, 7) is 2.93. The van der Waals surface area contributed by atoms with Crippen LogP contribution in [0.1, 0.15) is 24.3 Å². The van der Waals surface area contributed by atoms with Gasteiger partial charge in [-0.2, -0.15) is 0 Å². The number of nitrogens with two attached hydrogens (primary N) is 1. The molecule has 2 heterocycles. The molecule has 2 saturated heterocycles. The molecule has 1 amide bonds. The summed E-state index contributed by atoms with van der Waals surface area (Å²) in [5.41, 5.74) is 6.85. The van der Waals surface area contributed by atoms with Gasteiger partial charge in [0.25, 0.3) is 0 Å². The lowest BCUT2D eigenvalue weighted by Crippen LogP contribution is -2.51. The van der Waals surface area contributed by atoms with Gasteiger partial charge >= 0.3 is 0 Å². The van der Waals surface area contributed by atoms with Crippen LogP contribution in [0, 0.1) is 0 Å². The lowest BCUT2D eigenvalue weighted by atomic mass is 9.97. The summed E-state index contributed by atoms with van der Waals surface area (Å²) < 4.78 is 11.5. The summed E-state index contributed by atoms with van der Waals surface area (Å²) in [6.07, 6.45) is 2.22. The summed E-state index contributed by atoms with van der Waals surface area (Å²) in [4.78, 5) is 14.7. The summed E-state index contributed by atoms with van der Waals surface area (Å²) in [5.74, 6) is -0.176. The van der Waals surface area contributed by atoms with Crippen LogP contribution in [0.15, 0.2) is 30.3 Å². The number of hydrogen-bond donors (Lipinski definition) is 1. The van der Waals surface area contributed by atoms with Gasteiger partial charge in [0.15, 0.2) is 0 Å². The molecule has 3 atom stereocenters. The highest BCUT2D eigenvalue weighted by molar-refractivity contribution is 5.84. The average Bonchev–Trinajstić information content (AvgIpc) is 3.11. The fraction of sp³-hybridized carbons (Fsp3) is 0.588. The van der Waals surface area contributed by atoms with Crippen molar-refractivity contribution in [2.24, 2.45) is 5.73 Å². The summed E-state index contributed by atoms with van der Waals surface area (Å²) >= 11 is 0. The van der Waals surface area contributed by atoms with E-state index in [-0.39, 0.29) is 24.0 Å². The minimum absolute atomic E-state index is 0.00519. The quantitative estimate of drug-likeness (QED) is 0.906. The SMILES string of the molecule is NC[C@H](C(=O)N1CCO[C@H]([C@H]2CCCO2)C1)c1ccccc1. The van der Waals surface area contributed by atoms with Crippen LogP contribution in [0.3, 0.4) is 0 Å². The van der Waals surface area contributed by atoms with Gasteiger partial charge in [0.05, 0.1) is 18.6 Å². The molecular weight excluding hydrogens is 280 g/mol. The van der Waals surface area contributed by atoms with Gasteiger partial charge in [-0.15, -0.1) is 0 Å². The number of hydrogen-bond acceptors (Lipinski definition) is 4. The van der Waals surface area contributed by atoms with Gasteiger partial charge in [0.2, 0.25) is 5.91 Å². The van der Waals surface area contributed by atoms with E-state index in [1.165, 1.54) is 0 Å². The lowest BCUT2D eigenvalue weighted by molar-refractivity contribution is -0.146. The molecule has 0 aliphatic carbocycles. The number of carbonyl (C=O) groups is 1. The van der Waals surface area contributed by atoms with E-state index in [0.29, 0.717) is 26.2 Å². The van der Waals surface area contributed by atoms with Crippen LogP contribution >= 0.6 is 0 Å². The van der Waals surface area contributed by atoms with Crippen LogP contribution in [0.5, 0.6) is 0 Å². The highest BCUT2D eigenvalue weighted by atomic mass is 16.5. The molecule has 120 valence electrons. The zero-order chi connectivity index (χ0) is 15.4. The van der Waals surface area contributed by atoms with Crippen LogP contribution in [0.4, 0.5) is 0 Å². The van der Waals surface area contributed by atoms with Gasteiger partial charge in [-0.25, -0.2) is 0 Å². The Hall–Kier alpha value is -1.43. The number of ether oxygens (including phenoxy) is 2. The van der Waals surface area contributed by atoms with E-state index < -0.39 is 0 Å². The first kappa shape index (κ1) is 15.5. The predicted molar refractivity (Wildman–Crippen MR) is 83.5 cm³/mol. The summed E-state index contributed by atoms with van der Waals surface area (Å²) in [7, 11) is 0. The number of amides is 1. The maximum atomic E-state index is 12.8. The van der Waals surface area contributed by atoms with Crippen molar-refractivity contribution in [1.29, 1.82) is 0 Å². The molecule has 1 aromatic carbocycles. The average molecular weight is 304 g/mol. The standard InChI is InChI=1S/C17H24N2O3/c18-11-14(13-5-2-1-3-6-13)17(20)19-8-10-22-16(12-19)15-7-4-9-21-15/h1-3,5-6,14-16H,4,7-12,18H2/t14-,15+,16-/m0/s1. The van der Waals surface area contributed by atoms with Crippen molar-refractivity contribution in [3.05, 3.63) is 35.9 Å². The molecule has 0 aromatic heterocycles. The van der Waals surface area contributed by atoms with E-state index in [1.54, 1.807) is 0 Å². The van der Waals surface area contributed by atoms with Crippen molar-refractivity contribution < 1.29 is 14.3 Å². The van der Waals surface area contributed by atoms with Gasteiger partial charge in [-0.3, -0.25) is 4.79 Å². The minimum atomic E-state index is -0.274. The van der Waals surface area contributed by atoms with Gasteiger partial charge < -0.3 is 20.1 Å². The minimum Gasteiger partial charge on any atom is -0.375 e. The maximum Gasteiger partial charge on any atom is 0.231 e. The van der Waals surface area contributed by atoms with Crippen molar-refractivity contribution in [1.82, 2.24) is 4.90 Å². The largest absolute Gasteiger partial charge is 0.375 e. The van der Waals surface area contributed by atoms with Gasteiger partial charge in [0.1, 0.15) is 6.10 Å². The maximum absolute atomic E-state index is 12.8. The van der Waals surface area contributed by atoms with Crippen LogP contribution in [-0.4, -0.2) is 55.9 Å². The first-order valence-corrected chi connectivity index (χ1v) is 8.06. The van der Waals surface area contributed by atoms with E-state index in [4.69, 9.17) is 15.2 Å². The van der Waals surface area contributed by atoms with Crippen LogP contribution in [0.2, 0.25) is 0 Å². The monoisotopic (exact) mass is 304 g/mol. The van der Waals surface area contributed by atoms with Gasteiger partial charge in [-0.05, 0) is 18.4 Å². The Labute approximate surface area is 131 Å². The molecule has 2 aliphatic heterocycles. The fourth-order valence-corrected chi connectivity index (χ4v) is 3.28. The van der Waals surface area contributed by atoms with Crippen molar-refractivity contribution in [2.45, 2.75) is 31.0 Å². The summed E-state index contributed by atoms with van der Waals surface area (Å²) in [5, 5.41) is 0. The predicted octanol–water partition coefficient (Wildman–Crippen LogP) is 1.14. The molecule has 1 aromatic rings. The third kappa shape index (κ3) is 3.32. The van der Waals surface area contributed by atoms with Crippen molar-refractivity contribution in [3.63, 3.8) is 0 Å². The topological polar surface area (TPSA) is 64.8 Å². The van der Waals surface area contributed by atoms with Gasteiger partial charge in [0, 0.05) is 26.2 Å². The Morgan fingerprint density at radius 1 is 1.23 bits per heavy atom. The zero-order valence-electron chi connectivity index (χ0n) is 12.8. The van der Waals surface area contributed by atoms with Crippen molar-refractivity contribution in [3.8, 4) is 0 Å². The second kappa shape index (κ2) is 7.22. The number of nitrogens with zero attached hydrogens (tertiary/aromatic N) is 1. The molecule has 0 bridgehead atoms. The molecular formula is C17H24N2O3. The molecule has 0 saturated carbocycles. The number of benzene rings is 1. The molecule has 0 radical (unpaired) electrons.